The minimum absolute atomic E-state index is 0.222. The van der Waals surface area contributed by atoms with Gasteiger partial charge in [0, 0.05) is 18.0 Å². The lowest BCUT2D eigenvalue weighted by Crippen LogP contribution is -2.53. The van der Waals surface area contributed by atoms with Crippen LogP contribution in [0.2, 0.25) is 0 Å². The first kappa shape index (κ1) is 14.8. The van der Waals surface area contributed by atoms with Crippen molar-refractivity contribution < 1.29 is 4.79 Å². The Hall–Kier alpha value is -0.570. The summed E-state index contributed by atoms with van der Waals surface area (Å²) in [6.45, 7) is 4.66. The van der Waals surface area contributed by atoms with Crippen molar-refractivity contribution in [2.45, 2.75) is 70.8 Å². The Bertz CT molecular complexity index is 312. The largest absolute Gasteiger partial charge is 0.349 e. The number of carbonyl (C=O) groups excluding carboxylic acids is 1. The molecule has 3 nitrogen and oxygen atoms in total. The van der Waals surface area contributed by atoms with E-state index in [0.717, 1.165) is 31.1 Å². The van der Waals surface area contributed by atoms with Gasteiger partial charge in [0.1, 0.15) is 0 Å². The summed E-state index contributed by atoms with van der Waals surface area (Å²) < 4.78 is 0. The minimum atomic E-state index is -0.222. The molecule has 2 aliphatic rings. The number of nitrogens with one attached hydrogen (secondary N) is 1. The summed E-state index contributed by atoms with van der Waals surface area (Å²) >= 11 is 0. The highest BCUT2D eigenvalue weighted by Gasteiger charge is 2.36. The van der Waals surface area contributed by atoms with Crippen molar-refractivity contribution >= 4 is 5.91 Å². The first-order valence-electron chi connectivity index (χ1n) is 8.10. The van der Waals surface area contributed by atoms with Crippen LogP contribution in [0.3, 0.4) is 0 Å². The molecule has 0 heterocycles. The van der Waals surface area contributed by atoms with E-state index in [1.54, 1.807) is 0 Å². The summed E-state index contributed by atoms with van der Waals surface area (Å²) in [6, 6.07) is 0. The zero-order valence-electron chi connectivity index (χ0n) is 12.6. The van der Waals surface area contributed by atoms with Crippen molar-refractivity contribution in [2.24, 2.45) is 23.5 Å². The Morgan fingerprint density at radius 1 is 1.21 bits per heavy atom. The quantitative estimate of drug-likeness (QED) is 0.822. The third-order valence-electron chi connectivity index (χ3n) is 5.57. The first-order valence-corrected chi connectivity index (χ1v) is 8.10. The van der Waals surface area contributed by atoms with Gasteiger partial charge in [0.15, 0.2) is 0 Å². The van der Waals surface area contributed by atoms with Gasteiger partial charge in [-0.2, -0.15) is 0 Å². The number of fused-ring (bicyclic) bond motifs is 1. The van der Waals surface area contributed by atoms with Gasteiger partial charge < -0.3 is 11.1 Å². The number of carbonyl (C=O) groups is 1. The van der Waals surface area contributed by atoms with Gasteiger partial charge in [0.25, 0.3) is 0 Å². The second kappa shape index (κ2) is 6.25. The number of rotatable bonds is 4. The molecule has 4 unspecified atom stereocenters. The molecule has 2 rings (SSSR count). The Labute approximate surface area is 117 Å². The van der Waals surface area contributed by atoms with Gasteiger partial charge >= 0.3 is 0 Å². The van der Waals surface area contributed by atoms with Crippen molar-refractivity contribution in [2.75, 3.05) is 6.54 Å². The van der Waals surface area contributed by atoms with E-state index in [2.05, 4.69) is 19.2 Å². The molecule has 3 N–H and O–H groups in total. The molecule has 0 aromatic heterocycles. The molecule has 110 valence electrons. The molecule has 0 bridgehead atoms. The predicted molar refractivity (Wildman–Crippen MR) is 78.7 cm³/mol. The zero-order valence-corrected chi connectivity index (χ0v) is 12.6. The van der Waals surface area contributed by atoms with Crippen molar-refractivity contribution in [3.63, 3.8) is 0 Å². The smallest absolute Gasteiger partial charge is 0.223 e. The molecule has 2 aliphatic carbocycles. The molecule has 4 atom stereocenters. The zero-order chi connectivity index (χ0) is 13.9. The van der Waals surface area contributed by atoms with Crippen LogP contribution in [-0.2, 0) is 4.79 Å². The summed E-state index contributed by atoms with van der Waals surface area (Å²) in [4.78, 5) is 12.4. The van der Waals surface area contributed by atoms with E-state index < -0.39 is 0 Å². The van der Waals surface area contributed by atoms with Crippen molar-refractivity contribution in [3.8, 4) is 0 Å². The lowest BCUT2D eigenvalue weighted by atomic mass is 9.67. The molecule has 0 radical (unpaired) electrons. The molecule has 0 spiro atoms. The van der Waals surface area contributed by atoms with E-state index in [4.69, 9.17) is 5.73 Å². The summed E-state index contributed by atoms with van der Waals surface area (Å²) in [7, 11) is 0. The maximum absolute atomic E-state index is 12.4. The van der Waals surface area contributed by atoms with Gasteiger partial charge in [0.05, 0.1) is 0 Å². The molecule has 0 aromatic rings. The van der Waals surface area contributed by atoms with E-state index in [-0.39, 0.29) is 17.4 Å². The fourth-order valence-electron chi connectivity index (χ4n) is 3.79. The Morgan fingerprint density at radius 2 is 1.89 bits per heavy atom. The number of nitrogens with two attached hydrogens (primary N) is 1. The van der Waals surface area contributed by atoms with Gasteiger partial charge in [-0.05, 0) is 44.4 Å². The van der Waals surface area contributed by atoms with Crippen molar-refractivity contribution in [3.05, 3.63) is 0 Å². The maximum Gasteiger partial charge on any atom is 0.223 e. The average Bonchev–Trinajstić information content (AvgIpc) is 2.46. The maximum atomic E-state index is 12.4. The Kier molecular flexibility index (Phi) is 4.88. The predicted octanol–water partition coefficient (Wildman–Crippen LogP) is 2.84. The summed E-state index contributed by atoms with van der Waals surface area (Å²) in [5.41, 5.74) is 5.57. The number of hydrogen-bond donors (Lipinski definition) is 2. The van der Waals surface area contributed by atoms with E-state index in [1.807, 2.05) is 0 Å². The van der Waals surface area contributed by atoms with Crippen LogP contribution in [0.15, 0.2) is 0 Å². The van der Waals surface area contributed by atoms with Crippen LogP contribution in [0.1, 0.15) is 65.2 Å². The number of hydrogen-bond acceptors (Lipinski definition) is 2. The van der Waals surface area contributed by atoms with Crippen LogP contribution >= 0.6 is 0 Å². The standard InChI is InChI=1S/C16H30N2O/c1-3-16(2,11-17)18-15(19)14-9-8-12-6-4-5-7-13(12)10-14/h12-14H,3-11,17H2,1-2H3,(H,18,19). The van der Waals surface area contributed by atoms with Crippen LogP contribution in [0.4, 0.5) is 0 Å². The number of amides is 1. The lowest BCUT2D eigenvalue weighted by molar-refractivity contribution is -0.129. The first-order chi connectivity index (χ1) is 9.08. The third kappa shape index (κ3) is 3.50. The molecule has 0 aliphatic heterocycles. The van der Waals surface area contributed by atoms with E-state index in [9.17, 15) is 4.79 Å². The lowest BCUT2D eigenvalue weighted by Gasteiger charge is -2.40. The molecular formula is C16H30N2O. The van der Waals surface area contributed by atoms with Gasteiger partial charge in [-0.25, -0.2) is 0 Å². The van der Waals surface area contributed by atoms with Crippen LogP contribution in [0.25, 0.3) is 0 Å². The van der Waals surface area contributed by atoms with Crippen molar-refractivity contribution in [1.82, 2.24) is 5.32 Å². The average molecular weight is 266 g/mol. The molecule has 2 fully saturated rings. The highest BCUT2D eigenvalue weighted by Crippen LogP contribution is 2.42. The molecule has 19 heavy (non-hydrogen) atoms. The molecule has 0 saturated heterocycles. The second-order valence-electron chi connectivity index (χ2n) is 6.92. The monoisotopic (exact) mass is 266 g/mol. The van der Waals surface area contributed by atoms with E-state index in [0.29, 0.717) is 6.54 Å². The van der Waals surface area contributed by atoms with Gasteiger partial charge in [-0.15, -0.1) is 0 Å². The topological polar surface area (TPSA) is 55.1 Å². The van der Waals surface area contributed by atoms with Gasteiger partial charge in [-0.1, -0.05) is 32.6 Å². The fourth-order valence-corrected chi connectivity index (χ4v) is 3.79. The summed E-state index contributed by atoms with van der Waals surface area (Å²) in [6.07, 6.45) is 9.86. The molecular weight excluding hydrogens is 236 g/mol. The summed E-state index contributed by atoms with van der Waals surface area (Å²) in [5, 5.41) is 3.19. The van der Waals surface area contributed by atoms with Gasteiger partial charge in [0.2, 0.25) is 5.91 Å². The minimum Gasteiger partial charge on any atom is -0.349 e. The second-order valence-corrected chi connectivity index (χ2v) is 6.92. The van der Waals surface area contributed by atoms with Crippen LogP contribution in [-0.4, -0.2) is 18.0 Å². The van der Waals surface area contributed by atoms with E-state index in [1.165, 1.54) is 32.1 Å². The van der Waals surface area contributed by atoms with Crippen LogP contribution in [0, 0.1) is 17.8 Å². The highest BCUT2D eigenvalue weighted by atomic mass is 16.2. The van der Waals surface area contributed by atoms with E-state index >= 15 is 0 Å². The fraction of sp³-hybridized carbons (Fsp3) is 0.938. The molecule has 3 heteroatoms. The van der Waals surface area contributed by atoms with Gasteiger partial charge in [-0.3, -0.25) is 4.79 Å². The normalized spacial score (nSPS) is 34.2. The Balaban J connectivity index is 1.90. The van der Waals surface area contributed by atoms with Crippen LogP contribution < -0.4 is 11.1 Å². The third-order valence-corrected chi connectivity index (χ3v) is 5.57. The molecule has 2 saturated carbocycles. The summed E-state index contributed by atoms with van der Waals surface area (Å²) in [5.74, 6) is 2.20. The SMILES string of the molecule is CCC(C)(CN)NC(=O)C1CCC2CCCCC2C1. The highest BCUT2D eigenvalue weighted by molar-refractivity contribution is 5.79. The van der Waals surface area contributed by atoms with Crippen molar-refractivity contribution in [1.29, 1.82) is 0 Å². The molecule has 1 amide bonds. The molecule has 0 aromatic carbocycles. The Morgan fingerprint density at radius 3 is 2.53 bits per heavy atom. The van der Waals surface area contributed by atoms with Crippen LogP contribution in [0.5, 0.6) is 0 Å².